The number of carbonyl (C=O) groups excluding carboxylic acids is 1. The number of ether oxygens (including phenoxy) is 1. The van der Waals surface area contributed by atoms with Gasteiger partial charge in [-0.15, -0.1) is 0 Å². The summed E-state index contributed by atoms with van der Waals surface area (Å²) in [7, 11) is -3.88. The van der Waals surface area contributed by atoms with Crippen LogP contribution in [0, 0.1) is 11.6 Å². The number of carbonyl (C=O) groups is 1. The molecule has 0 atom stereocenters. The van der Waals surface area contributed by atoms with E-state index in [0.29, 0.717) is 0 Å². The lowest BCUT2D eigenvalue weighted by atomic mass is 10.2. The van der Waals surface area contributed by atoms with Crippen LogP contribution in [-0.2, 0) is 10.0 Å². The highest BCUT2D eigenvalue weighted by Crippen LogP contribution is 2.24. The fourth-order valence-electron chi connectivity index (χ4n) is 2.68. The zero-order valence-electron chi connectivity index (χ0n) is 16.7. The number of nitrogens with one attached hydrogen (secondary N) is 1. The smallest absolute Gasteiger partial charge is 0.258 e. The van der Waals surface area contributed by atoms with Crippen LogP contribution < -0.4 is 10.1 Å². The molecule has 0 aliphatic rings. The maximum absolute atomic E-state index is 14.3. The average Bonchev–Trinajstić information content (AvgIpc) is 2.64. The topological polar surface area (TPSA) is 75.7 Å². The van der Waals surface area contributed by atoms with Crippen molar-refractivity contribution in [3.8, 4) is 5.75 Å². The number of rotatable bonds is 8. The van der Waals surface area contributed by atoms with Crippen molar-refractivity contribution in [2.24, 2.45) is 0 Å². The minimum Gasteiger partial charge on any atom is -0.491 e. The maximum Gasteiger partial charge on any atom is 0.258 e. The van der Waals surface area contributed by atoms with E-state index in [9.17, 15) is 22.0 Å². The van der Waals surface area contributed by atoms with Crippen molar-refractivity contribution in [1.82, 2.24) is 4.31 Å². The molecule has 0 bridgehead atoms. The predicted octanol–water partition coefficient (Wildman–Crippen LogP) is 4.03. The molecule has 2 aromatic carbocycles. The number of amides is 1. The molecule has 0 aliphatic heterocycles. The second-order valence-electron chi connectivity index (χ2n) is 6.49. The molecule has 0 heterocycles. The summed E-state index contributed by atoms with van der Waals surface area (Å²) in [6.07, 6.45) is -0.153. The molecule has 1 N–H and O–H groups in total. The Morgan fingerprint density at radius 2 is 1.72 bits per heavy atom. The van der Waals surface area contributed by atoms with Crippen LogP contribution in [0.3, 0.4) is 0 Å². The molecule has 0 radical (unpaired) electrons. The molecule has 1 amide bonds. The molecule has 0 aromatic heterocycles. The third-order valence-corrected chi connectivity index (χ3v) is 6.13. The molecule has 0 saturated heterocycles. The quantitative estimate of drug-likeness (QED) is 0.691. The standard InChI is InChI=1S/C20H24F2N2O4S/c1-5-24(6-2)29(26,27)15-8-9-17(21)16(12-15)20(25)23-19-10-7-14(11-18(19)22)28-13(3)4/h7-13H,5-6H2,1-4H3,(H,23,25). The first-order valence-corrected chi connectivity index (χ1v) is 10.6. The zero-order chi connectivity index (χ0) is 21.8. The van der Waals surface area contributed by atoms with E-state index < -0.39 is 33.1 Å². The van der Waals surface area contributed by atoms with Gasteiger partial charge in [0.15, 0.2) is 0 Å². The number of benzene rings is 2. The minimum absolute atomic E-state index is 0.153. The summed E-state index contributed by atoms with van der Waals surface area (Å²) in [5.41, 5.74) is -0.678. The summed E-state index contributed by atoms with van der Waals surface area (Å²) in [6.45, 7) is 7.38. The Morgan fingerprint density at radius 1 is 1.07 bits per heavy atom. The van der Waals surface area contributed by atoms with Gasteiger partial charge >= 0.3 is 0 Å². The molecule has 2 aromatic rings. The minimum atomic E-state index is -3.88. The van der Waals surface area contributed by atoms with E-state index in [-0.39, 0.29) is 35.5 Å². The Kier molecular flexibility index (Phi) is 7.32. The van der Waals surface area contributed by atoms with E-state index in [1.54, 1.807) is 27.7 Å². The Labute approximate surface area is 169 Å². The van der Waals surface area contributed by atoms with Gasteiger partial charge in [0.2, 0.25) is 10.0 Å². The Bertz CT molecular complexity index is 990. The largest absolute Gasteiger partial charge is 0.491 e. The van der Waals surface area contributed by atoms with Gasteiger partial charge in [0, 0.05) is 19.2 Å². The molecular formula is C20H24F2N2O4S. The number of hydrogen-bond donors (Lipinski definition) is 1. The second-order valence-corrected chi connectivity index (χ2v) is 8.43. The van der Waals surface area contributed by atoms with Gasteiger partial charge in [-0.3, -0.25) is 4.79 Å². The maximum atomic E-state index is 14.3. The molecule has 0 aliphatic carbocycles. The lowest BCUT2D eigenvalue weighted by Crippen LogP contribution is -2.31. The Balaban J connectivity index is 2.32. The molecule has 9 heteroatoms. The molecular weight excluding hydrogens is 402 g/mol. The number of sulfonamides is 1. The van der Waals surface area contributed by atoms with Crippen LogP contribution in [0.2, 0.25) is 0 Å². The van der Waals surface area contributed by atoms with Crippen molar-refractivity contribution in [2.75, 3.05) is 18.4 Å². The van der Waals surface area contributed by atoms with Crippen LogP contribution in [-0.4, -0.2) is 37.8 Å². The highest BCUT2D eigenvalue weighted by atomic mass is 32.2. The molecule has 6 nitrogen and oxygen atoms in total. The van der Waals surface area contributed by atoms with Crippen LogP contribution in [0.25, 0.3) is 0 Å². The molecule has 0 spiro atoms. The van der Waals surface area contributed by atoms with Gasteiger partial charge in [0.1, 0.15) is 17.4 Å². The molecule has 0 saturated carbocycles. The fourth-order valence-corrected chi connectivity index (χ4v) is 4.17. The van der Waals surface area contributed by atoms with Crippen LogP contribution in [0.15, 0.2) is 41.3 Å². The first kappa shape index (κ1) is 22.8. The summed E-state index contributed by atoms with van der Waals surface area (Å²) in [5.74, 6) is -2.35. The fraction of sp³-hybridized carbons (Fsp3) is 0.350. The summed E-state index contributed by atoms with van der Waals surface area (Å²) in [6, 6.07) is 6.81. The third-order valence-electron chi connectivity index (χ3n) is 4.09. The lowest BCUT2D eigenvalue weighted by Gasteiger charge is -2.19. The van der Waals surface area contributed by atoms with Crippen molar-refractivity contribution < 1.29 is 26.7 Å². The van der Waals surface area contributed by atoms with E-state index in [4.69, 9.17) is 4.74 Å². The van der Waals surface area contributed by atoms with E-state index in [1.165, 1.54) is 16.4 Å². The van der Waals surface area contributed by atoms with Crippen LogP contribution >= 0.6 is 0 Å². The summed E-state index contributed by atoms with van der Waals surface area (Å²) < 4.78 is 60.2. The van der Waals surface area contributed by atoms with Gasteiger partial charge in [-0.25, -0.2) is 17.2 Å². The van der Waals surface area contributed by atoms with Crippen molar-refractivity contribution >= 4 is 21.6 Å². The van der Waals surface area contributed by atoms with Crippen molar-refractivity contribution in [3.05, 3.63) is 53.6 Å². The van der Waals surface area contributed by atoms with Gasteiger partial charge in [0.25, 0.3) is 5.91 Å². The number of halogens is 2. The highest BCUT2D eigenvalue weighted by Gasteiger charge is 2.24. The monoisotopic (exact) mass is 426 g/mol. The van der Waals surface area contributed by atoms with E-state index in [1.807, 2.05) is 0 Å². The van der Waals surface area contributed by atoms with E-state index in [0.717, 1.165) is 24.3 Å². The molecule has 29 heavy (non-hydrogen) atoms. The first-order valence-electron chi connectivity index (χ1n) is 9.17. The van der Waals surface area contributed by atoms with Gasteiger partial charge in [-0.2, -0.15) is 4.31 Å². The second kappa shape index (κ2) is 9.32. The van der Waals surface area contributed by atoms with Crippen LogP contribution in [0.4, 0.5) is 14.5 Å². The highest BCUT2D eigenvalue weighted by molar-refractivity contribution is 7.89. The SMILES string of the molecule is CCN(CC)S(=O)(=O)c1ccc(F)c(C(=O)Nc2ccc(OC(C)C)cc2F)c1. The van der Waals surface area contributed by atoms with Crippen molar-refractivity contribution in [2.45, 2.75) is 38.7 Å². The third kappa shape index (κ3) is 5.30. The zero-order valence-corrected chi connectivity index (χ0v) is 17.5. The summed E-state index contributed by atoms with van der Waals surface area (Å²) in [4.78, 5) is 12.3. The Morgan fingerprint density at radius 3 is 2.28 bits per heavy atom. The number of hydrogen-bond acceptors (Lipinski definition) is 4. The van der Waals surface area contributed by atoms with Crippen molar-refractivity contribution in [1.29, 1.82) is 0 Å². The van der Waals surface area contributed by atoms with Gasteiger partial charge in [-0.1, -0.05) is 13.8 Å². The molecule has 0 fully saturated rings. The van der Waals surface area contributed by atoms with Gasteiger partial charge in [-0.05, 0) is 44.2 Å². The number of anilines is 1. The average molecular weight is 426 g/mol. The summed E-state index contributed by atoms with van der Waals surface area (Å²) in [5, 5.41) is 2.27. The summed E-state index contributed by atoms with van der Waals surface area (Å²) >= 11 is 0. The lowest BCUT2D eigenvalue weighted by molar-refractivity contribution is 0.102. The van der Waals surface area contributed by atoms with Crippen molar-refractivity contribution in [3.63, 3.8) is 0 Å². The normalized spacial score (nSPS) is 11.7. The molecule has 2 rings (SSSR count). The van der Waals surface area contributed by atoms with Crippen LogP contribution in [0.5, 0.6) is 5.75 Å². The van der Waals surface area contributed by atoms with E-state index in [2.05, 4.69) is 5.32 Å². The van der Waals surface area contributed by atoms with Gasteiger partial charge in [0.05, 0.1) is 22.3 Å². The van der Waals surface area contributed by atoms with Crippen LogP contribution in [0.1, 0.15) is 38.1 Å². The van der Waals surface area contributed by atoms with E-state index >= 15 is 0 Å². The molecule has 0 unspecified atom stereocenters. The first-order chi connectivity index (χ1) is 13.6. The van der Waals surface area contributed by atoms with Gasteiger partial charge < -0.3 is 10.1 Å². The Hall–Kier alpha value is -2.52. The number of nitrogens with zero attached hydrogens (tertiary/aromatic N) is 1. The predicted molar refractivity (Wildman–Crippen MR) is 107 cm³/mol. The molecule has 158 valence electrons.